The van der Waals surface area contributed by atoms with Crippen LogP contribution >= 0.6 is 0 Å². The third kappa shape index (κ3) is 4.29. The van der Waals surface area contributed by atoms with E-state index in [0.29, 0.717) is 12.1 Å². The Morgan fingerprint density at radius 3 is 2.89 bits per heavy atom. The van der Waals surface area contributed by atoms with Crippen molar-refractivity contribution in [2.24, 2.45) is 0 Å². The molecule has 5 heteroatoms. The zero-order valence-corrected chi connectivity index (χ0v) is 11.1. The largest absolute Gasteiger partial charge is 0.375 e. The van der Waals surface area contributed by atoms with Crippen LogP contribution in [0.15, 0.2) is 24.3 Å². The Hall–Kier alpha value is -1.46. The molecule has 1 amide bonds. The van der Waals surface area contributed by atoms with Gasteiger partial charge in [0.1, 0.15) is 5.82 Å². The minimum atomic E-state index is -0.338. The number of benzene rings is 1. The van der Waals surface area contributed by atoms with Crippen molar-refractivity contribution in [2.45, 2.75) is 12.5 Å². The Labute approximate surface area is 112 Å². The van der Waals surface area contributed by atoms with Crippen molar-refractivity contribution in [3.05, 3.63) is 35.6 Å². The van der Waals surface area contributed by atoms with E-state index in [4.69, 9.17) is 4.74 Å². The third-order valence-electron chi connectivity index (χ3n) is 3.20. The lowest BCUT2D eigenvalue weighted by molar-refractivity contribution is -0.0225. The number of hydrogen-bond donors (Lipinski definition) is 1. The highest BCUT2D eigenvalue weighted by atomic mass is 19.1. The number of amides is 1. The van der Waals surface area contributed by atoms with E-state index in [1.807, 2.05) is 0 Å². The predicted molar refractivity (Wildman–Crippen MR) is 70.6 cm³/mol. The maximum absolute atomic E-state index is 12.7. The van der Waals surface area contributed by atoms with Crippen molar-refractivity contribution in [1.82, 2.24) is 10.2 Å². The quantitative estimate of drug-likeness (QED) is 0.892. The minimum absolute atomic E-state index is 0.173. The van der Waals surface area contributed by atoms with Crippen LogP contribution in [0.3, 0.4) is 0 Å². The Morgan fingerprint density at radius 1 is 1.47 bits per heavy atom. The summed E-state index contributed by atoms with van der Waals surface area (Å²) in [6.45, 7) is 3.16. The molecular formula is C14H19FN2O2. The second-order valence-corrected chi connectivity index (χ2v) is 4.81. The molecule has 1 atom stereocenters. The molecule has 1 saturated heterocycles. The normalized spacial score (nSPS) is 20.2. The minimum Gasteiger partial charge on any atom is -0.375 e. The van der Waals surface area contributed by atoms with Gasteiger partial charge >= 0.3 is 0 Å². The van der Waals surface area contributed by atoms with Gasteiger partial charge in [-0.25, -0.2) is 4.39 Å². The van der Waals surface area contributed by atoms with Crippen LogP contribution in [0.25, 0.3) is 0 Å². The van der Waals surface area contributed by atoms with E-state index in [-0.39, 0.29) is 17.8 Å². The summed E-state index contributed by atoms with van der Waals surface area (Å²) in [5.41, 5.74) is 0.475. The summed E-state index contributed by atoms with van der Waals surface area (Å²) in [6, 6.07) is 5.54. The number of halogens is 1. The molecule has 0 saturated carbocycles. The first-order valence-electron chi connectivity index (χ1n) is 6.49. The van der Waals surface area contributed by atoms with Gasteiger partial charge in [-0.05, 0) is 37.7 Å². The van der Waals surface area contributed by atoms with Gasteiger partial charge in [0.2, 0.25) is 0 Å². The predicted octanol–water partition coefficient (Wildman–Crippen LogP) is 1.28. The van der Waals surface area contributed by atoms with Crippen molar-refractivity contribution in [1.29, 1.82) is 0 Å². The van der Waals surface area contributed by atoms with E-state index >= 15 is 0 Å². The zero-order valence-electron chi connectivity index (χ0n) is 11.1. The summed E-state index contributed by atoms with van der Waals surface area (Å²) in [5, 5.41) is 2.82. The molecule has 1 unspecified atom stereocenters. The van der Waals surface area contributed by atoms with Crippen LogP contribution < -0.4 is 5.32 Å². The van der Waals surface area contributed by atoms with Gasteiger partial charge in [-0.15, -0.1) is 0 Å². The molecule has 1 fully saturated rings. The summed E-state index contributed by atoms with van der Waals surface area (Å²) in [6.07, 6.45) is 0.962. The summed E-state index contributed by atoms with van der Waals surface area (Å²) in [7, 11) is 2.06. The molecule has 104 valence electrons. The fourth-order valence-electron chi connectivity index (χ4n) is 2.09. The summed E-state index contributed by atoms with van der Waals surface area (Å²) < 4.78 is 18.3. The lowest BCUT2D eigenvalue weighted by Gasteiger charge is -2.30. The van der Waals surface area contributed by atoms with Crippen LogP contribution in [-0.2, 0) is 4.74 Å². The van der Waals surface area contributed by atoms with Gasteiger partial charge < -0.3 is 15.0 Å². The zero-order chi connectivity index (χ0) is 13.7. The van der Waals surface area contributed by atoms with Gasteiger partial charge in [0.25, 0.3) is 5.91 Å². The number of hydrogen-bond acceptors (Lipinski definition) is 3. The van der Waals surface area contributed by atoms with Crippen molar-refractivity contribution >= 4 is 5.91 Å². The van der Waals surface area contributed by atoms with E-state index < -0.39 is 0 Å². The first-order valence-corrected chi connectivity index (χ1v) is 6.49. The van der Waals surface area contributed by atoms with Crippen molar-refractivity contribution in [3.63, 3.8) is 0 Å². The molecular weight excluding hydrogens is 247 g/mol. The molecule has 1 aliphatic rings. The summed E-state index contributed by atoms with van der Waals surface area (Å²) >= 11 is 0. The average molecular weight is 266 g/mol. The van der Waals surface area contributed by atoms with Crippen LogP contribution in [0.2, 0.25) is 0 Å². The maximum atomic E-state index is 12.7. The number of likely N-dealkylation sites (N-methyl/N-ethyl adjacent to an activating group) is 1. The number of rotatable bonds is 4. The number of ether oxygens (including phenoxy) is 1. The number of nitrogens with zero attached hydrogens (tertiary/aromatic N) is 1. The van der Waals surface area contributed by atoms with Crippen LogP contribution in [0.5, 0.6) is 0 Å². The van der Waals surface area contributed by atoms with Gasteiger partial charge in [0.05, 0.1) is 12.7 Å². The number of carbonyl (C=O) groups excluding carboxylic acids is 1. The standard InChI is InChI=1S/C14H19FN2O2/c1-17-8-9-19-13(10-17)6-7-16-14(18)11-2-4-12(15)5-3-11/h2-5,13H,6-10H2,1H3,(H,16,18). The van der Waals surface area contributed by atoms with Crippen molar-refractivity contribution in [2.75, 3.05) is 33.3 Å². The van der Waals surface area contributed by atoms with Gasteiger partial charge in [-0.3, -0.25) is 4.79 Å². The van der Waals surface area contributed by atoms with E-state index in [1.54, 1.807) is 0 Å². The molecule has 19 heavy (non-hydrogen) atoms. The molecule has 1 aliphatic heterocycles. The van der Waals surface area contributed by atoms with E-state index in [1.165, 1.54) is 24.3 Å². The van der Waals surface area contributed by atoms with E-state index in [2.05, 4.69) is 17.3 Å². The Kier molecular flexibility index (Phi) is 4.87. The highest BCUT2D eigenvalue weighted by Crippen LogP contribution is 2.06. The fraction of sp³-hybridized carbons (Fsp3) is 0.500. The highest BCUT2D eigenvalue weighted by molar-refractivity contribution is 5.94. The molecule has 0 spiro atoms. The smallest absolute Gasteiger partial charge is 0.251 e. The molecule has 0 bridgehead atoms. The van der Waals surface area contributed by atoms with Gasteiger partial charge in [0.15, 0.2) is 0 Å². The maximum Gasteiger partial charge on any atom is 0.251 e. The average Bonchev–Trinajstić information content (AvgIpc) is 2.39. The van der Waals surface area contributed by atoms with Crippen LogP contribution in [0.1, 0.15) is 16.8 Å². The third-order valence-corrected chi connectivity index (χ3v) is 3.20. The molecule has 1 aromatic rings. The molecule has 1 N–H and O–H groups in total. The molecule has 1 heterocycles. The topological polar surface area (TPSA) is 41.6 Å². The molecule has 2 rings (SSSR count). The Bertz CT molecular complexity index is 422. The van der Waals surface area contributed by atoms with Gasteiger partial charge in [-0.2, -0.15) is 0 Å². The first kappa shape index (κ1) is 14.0. The molecule has 4 nitrogen and oxygen atoms in total. The Balaban J connectivity index is 1.73. The molecule has 0 aliphatic carbocycles. The van der Waals surface area contributed by atoms with Crippen LogP contribution in [-0.4, -0.2) is 50.2 Å². The van der Waals surface area contributed by atoms with Crippen molar-refractivity contribution in [3.8, 4) is 0 Å². The highest BCUT2D eigenvalue weighted by Gasteiger charge is 2.17. The number of morpholine rings is 1. The SMILES string of the molecule is CN1CCOC(CCNC(=O)c2ccc(F)cc2)C1. The molecule has 0 radical (unpaired) electrons. The monoisotopic (exact) mass is 266 g/mol. The number of carbonyl (C=O) groups is 1. The molecule has 0 aromatic heterocycles. The second kappa shape index (κ2) is 6.63. The molecule has 1 aromatic carbocycles. The Morgan fingerprint density at radius 2 is 2.21 bits per heavy atom. The van der Waals surface area contributed by atoms with E-state index in [0.717, 1.165) is 26.1 Å². The van der Waals surface area contributed by atoms with Gasteiger partial charge in [-0.1, -0.05) is 0 Å². The van der Waals surface area contributed by atoms with Crippen LogP contribution in [0, 0.1) is 5.82 Å². The van der Waals surface area contributed by atoms with Crippen LogP contribution in [0.4, 0.5) is 4.39 Å². The second-order valence-electron chi connectivity index (χ2n) is 4.81. The fourth-order valence-corrected chi connectivity index (χ4v) is 2.09. The summed E-state index contributed by atoms with van der Waals surface area (Å²) in [4.78, 5) is 14.0. The first-order chi connectivity index (χ1) is 9.15. The summed E-state index contributed by atoms with van der Waals surface area (Å²) in [5.74, 6) is -0.514. The van der Waals surface area contributed by atoms with E-state index in [9.17, 15) is 9.18 Å². The lowest BCUT2D eigenvalue weighted by atomic mass is 10.2. The van der Waals surface area contributed by atoms with Crippen molar-refractivity contribution < 1.29 is 13.9 Å². The number of nitrogens with one attached hydrogen (secondary N) is 1. The lowest BCUT2D eigenvalue weighted by Crippen LogP contribution is -2.41. The van der Waals surface area contributed by atoms with Gasteiger partial charge in [0, 0.05) is 25.2 Å².